The van der Waals surface area contributed by atoms with Gasteiger partial charge in [-0.25, -0.2) is 0 Å². The van der Waals surface area contributed by atoms with Crippen molar-refractivity contribution in [1.82, 2.24) is 0 Å². The van der Waals surface area contributed by atoms with E-state index in [0.29, 0.717) is 23.4 Å². The number of ketones is 1. The number of nitrogens with zero attached hydrogens (tertiary/aromatic N) is 1. The Labute approximate surface area is 87.8 Å². The molecule has 0 saturated carbocycles. The zero-order chi connectivity index (χ0) is 10.8. The molecular formula is C12H11NO2. The maximum atomic E-state index is 11.5. The van der Waals surface area contributed by atoms with Gasteiger partial charge in [0.1, 0.15) is 5.75 Å². The van der Waals surface area contributed by atoms with Crippen molar-refractivity contribution in [2.75, 3.05) is 6.54 Å². The van der Waals surface area contributed by atoms with Crippen LogP contribution < -0.4 is 0 Å². The Morgan fingerprint density at radius 2 is 2.13 bits per heavy atom. The van der Waals surface area contributed by atoms with Gasteiger partial charge in [0.2, 0.25) is 0 Å². The lowest BCUT2D eigenvalue weighted by atomic mass is 9.93. The van der Waals surface area contributed by atoms with E-state index in [-0.39, 0.29) is 11.5 Å². The maximum absolute atomic E-state index is 11.5. The highest BCUT2D eigenvalue weighted by Gasteiger charge is 2.19. The number of fused-ring (bicyclic) bond motifs is 1. The lowest BCUT2D eigenvalue weighted by Gasteiger charge is -2.13. The summed E-state index contributed by atoms with van der Waals surface area (Å²) in [5.41, 5.74) is 1.74. The SMILES string of the molecule is CCN=C1C=CC(=O)c2cccc(O)c21. The molecule has 0 amide bonds. The van der Waals surface area contributed by atoms with Gasteiger partial charge in [-0.05, 0) is 25.1 Å². The second kappa shape index (κ2) is 3.69. The highest BCUT2D eigenvalue weighted by Crippen LogP contribution is 2.26. The van der Waals surface area contributed by atoms with Gasteiger partial charge in [-0.3, -0.25) is 9.79 Å². The van der Waals surface area contributed by atoms with Gasteiger partial charge in [0.05, 0.1) is 11.3 Å². The van der Waals surface area contributed by atoms with Gasteiger partial charge in [-0.1, -0.05) is 12.1 Å². The summed E-state index contributed by atoms with van der Waals surface area (Å²) in [5.74, 6) is 0.0216. The van der Waals surface area contributed by atoms with Crippen LogP contribution in [0, 0.1) is 0 Å². The number of hydrogen-bond donors (Lipinski definition) is 1. The molecule has 76 valence electrons. The summed E-state index contributed by atoms with van der Waals surface area (Å²) < 4.78 is 0. The van der Waals surface area contributed by atoms with Crippen LogP contribution in [-0.4, -0.2) is 23.1 Å². The number of phenolic OH excluding ortho intramolecular Hbond substituents is 1. The Balaban J connectivity index is 2.67. The third-order valence-electron chi connectivity index (χ3n) is 2.29. The molecule has 3 nitrogen and oxygen atoms in total. The van der Waals surface area contributed by atoms with Crippen molar-refractivity contribution in [1.29, 1.82) is 0 Å². The number of carbonyl (C=O) groups is 1. The minimum Gasteiger partial charge on any atom is -0.507 e. The van der Waals surface area contributed by atoms with Gasteiger partial charge in [-0.15, -0.1) is 0 Å². The number of aromatic hydroxyl groups is 1. The zero-order valence-corrected chi connectivity index (χ0v) is 8.40. The molecule has 0 spiro atoms. The predicted molar refractivity (Wildman–Crippen MR) is 58.7 cm³/mol. The molecule has 0 atom stereocenters. The van der Waals surface area contributed by atoms with E-state index in [4.69, 9.17) is 0 Å². The van der Waals surface area contributed by atoms with E-state index >= 15 is 0 Å². The number of aliphatic imine (C=N–C) groups is 1. The van der Waals surface area contributed by atoms with Gasteiger partial charge in [0.25, 0.3) is 0 Å². The van der Waals surface area contributed by atoms with Gasteiger partial charge in [-0.2, -0.15) is 0 Å². The van der Waals surface area contributed by atoms with Crippen molar-refractivity contribution in [3.05, 3.63) is 41.5 Å². The van der Waals surface area contributed by atoms with E-state index in [9.17, 15) is 9.90 Å². The summed E-state index contributed by atoms with van der Waals surface area (Å²) >= 11 is 0. The molecule has 3 heteroatoms. The second-order valence-corrected chi connectivity index (χ2v) is 3.26. The Bertz CT molecular complexity index is 473. The van der Waals surface area contributed by atoms with Crippen LogP contribution in [0.3, 0.4) is 0 Å². The molecule has 0 aliphatic heterocycles. The molecule has 0 aromatic heterocycles. The molecular weight excluding hydrogens is 190 g/mol. The normalized spacial score (nSPS) is 16.9. The Morgan fingerprint density at radius 3 is 2.87 bits per heavy atom. The maximum Gasteiger partial charge on any atom is 0.186 e. The second-order valence-electron chi connectivity index (χ2n) is 3.26. The standard InChI is InChI=1S/C12H11NO2/c1-2-13-9-6-7-10(14)8-4-3-5-11(15)12(8)9/h3-7,15H,2H2,1H3. The molecule has 1 aliphatic carbocycles. The van der Waals surface area contributed by atoms with Crippen LogP contribution in [0.5, 0.6) is 5.75 Å². The number of phenols is 1. The average Bonchev–Trinajstić information content (AvgIpc) is 2.23. The van der Waals surface area contributed by atoms with Crippen molar-refractivity contribution in [3.63, 3.8) is 0 Å². The molecule has 0 bridgehead atoms. The minimum absolute atomic E-state index is 0.0871. The van der Waals surface area contributed by atoms with Crippen LogP contribution in [0.25, 0.3) is 0 Å². The molecule has 0 fully saturated rings. The quantitative estimate of drug-likeness (QED) is 0.755. The van der Waals surface area contributed by atoms with Crippen LogP contribution in [0.15, 0.2) is 35.3 Å². The fourth-order valence-corrected chi connectivity index (χ4v) is 1.64. The van der Waals surface area contributed by atoms with Crippen molar-refractivity contribution in [3.8, 4) is 5.75 Å². The Kier molecular flexibility index (Phi) is 2.37. The fourth-order valence-electron chi connectivity index (χ4n) is 1.64. The van der Waals surface area contributed by atoms with E-state index < -0.39 is 0 Å². The molecule has 15 heavy (non-hydrogen) atoms. The van der Waals surface area contributed by atoms with Gasteiger partial charge >= 0.3 is 0 Å². The molecule has 1 aromatic carbocycles. The van der Waals surface area contributed by atoms with E-state index in [1.54, 1.807) is 24.3 Å². The highest BCUT2D eigenvalue weighted by atomic mass is 16.3. The summed E-state index contributed by atoms with van der Waals surface area (Å²) in [5, 5.41) is 9.70. The van der Waals surface area contributed by atoms with Crippen molar-refractivity contribution in [2.45, 2.75) is 6.92 Å². The first-order chi connectivity index (χ1) is 7.24. The van der Waals surface area contributed by atoms with Gasteiger partial charge in [0, 0.05) is 12.1 Å². The van der Waals surface area contributed by atoms with Crippen LogP contribution in [0.1, 0.15) is 22.8 Å². The van der Waals surface area contributed by atoms with E-state index in [1.807, 2.05) is 6.92 Å². The zero-order valence-electron chi connectivity index (χ0n) is 8.40. The van der Waals surface area contributed by atoms with Crippen LogP contribution >= 0.6 is 0 Å². The molecule has 1 aromatic rings. The number of allylic oxidation sites excluding steroid dienone is 2. The van der Waals surface area contributed by atoms with Crippen molar-refractivity contribution in [2.24, 2.45) is 4.99 Å². The first-order valence-corrected chi connectivity index (χ1v) is 4.83. The number of rotatable bonds is 1. The molecule has 0 heterocycles. The topological polar surface area (TPSA) is 49.7 Å². The molecule has 1 N–H and O–H groups in total. The number of hydrogen-bond acceptors (Lipinski definition) is 3. The van der Waals surface area contributed by atoms with E-state index in [1.165, 1.54) is 6.08 Å². The first-order valence-electron chi connectivity index (χ1n) is 4.83. The Hall–Kier alpha value is -1.90. The monoisotopic (exact) mass is 201 g/mol. The Morgan fingerprint density at radius 1 is 1.33 bits per heavy atom. The predicted octanol–water partition coefficient (Wildman–Crippen LogP) is 1.95. The summed E-state index contributed by atoms with van der Waals surface area (Å²) in [6, 6.07) is 4.93. The summed E-state index contributed by atoms with van der Waals surface area (Å²) in [6.45, 7) is 2.54. The van der Waals surface area contributed by atoms with Gasteiger partial charge < -0.3 is 5.11 Å². The van der Waals surface area contributed by atoms with Gasteiger partial charge in [0.15, 0.2) is 5.78 Å². The van der Waals surface area contributed by atoms with Crippen molar-refractivity contribution < 1.29 is 9.90 Å². The number of carbonyl (C=O) groups excluding carboxylic acids is 1. The lowest BCUT2D eigenvalue weighted by Crippen LogP contribution is -2.12. The van der Waals surface area contributed by atoms with E-state index in [0.717, 1.165) is 0 Å². The third kappa shape index (κ3) is 1.56. The lowest BCUT2D eigenvalue weighted by molar-refractivity contribution is 0.104. The smallest absolute Gasteiger partial charge is 0.186 e. The van der Waals surface area contributed by atoms with Crippen molar-refractivity contribution >= 4 is 11.5 Å². The molecule has 2 rings (SSSR count). The summed E-state index contributed by atoms with van der Waals surface area (Å²) in [7, 11) is 0. The molecule has 0 saturated heterocycles. The largest absolute Gasteiger partial charge is 0.507 e. The molecule has 1 aliphatic rings. The summed E-state index contributed by atoms with van der Waals surface area (Å²) in [6.07, 6.45) is 3.13. The average molecular weight is 201 g/mol. The van der Waals surface area contributed by atoms with Crippen LogP contribution in [0.4, 0.5) is 0 Å². The first kappa shape index (κ1) is 9.65. The van der Waals surface area contributed by atoms with Crippen LogP contribution in [0.2, 0.25) is 0 Å². The molecule has 0 unspecified atom stereocenters. The summed E-state index contributed by atoms with van der Waals surface area (Å²) in [4.78, 5) is 15.8. The number of benzene rings is 1. The highest BCUT2D eigenvalue weighted by molar-refractivity contribution is 6.25. The fraction of sp³-hybridized carbons (Fsp3) is 0.167. The molecule has 0 radical (unpaired) electrons. The minimum atomic E-state index is -0.0871. The third-order valence-corrected chi connectivity index (χ3v) is 2.29. The van der Waals surface area contributed by atoms with Crippen LogP contribution in [-0.2, 0) is 0 Å². The van der Waals surface area contributed by atoms with E-state index in [2.05, 4.69) is 4.99 Å².